The Hall–Kier alpha value is -1.83. The molecule has 118 valence electrons. The highest BCUT2D eigenvalue weighted by Crippen LogP contribution is 2.30. The molecule has 2 fully saturated rings. The number of carboxylic acid groups (broad SMARTS) is 1. The number of nitrogens with one attached hydrogen (secondary N) is 2. The zero-order valence-electron chi connectivity index (χ0n) is 11.9. The van der Waals surface area contributed by atoms with E-state index in [1.54, 1.807) is 0 Å². The molecule has 2 aliphatic rings. The van der Waals surface area contributed by atoms with Crippen molar-refractivity contribution in [3.63, 3.8) is 0 Å². The van der Waals surface area contributed by atoms with Gasteiger partial charge in [0, 0.05) is 45.8 Å². The molecular formula is C13H21N3O5. The van der Waals surface area contributed by atoms with E-state index in [0.717, 1.165) is 0 Å². The molecule has 3 N–H and O–H groups in total. The van der Waals surface area contributed by atoms with Crippen LogP contribution in [-0.4, -0.2) is 67.3 Å². The number of carbonyl (C=O) groups excluding carboxylic acids is 2. The molecule has 0 atom stereocenters. The number of aliphatic carboxylic acids is 1. The quantitative estimate of drug-likeness (QED) is 0.645. The molecule has 8 heteroatoms. The molecule has 2 heterocycles. The van der Waals surface area contributed by atoms with Crippen LogP contribution in [0.15, 0.2) is 0 Å². The fourth-order valence-corrected chi connectivity index (χ4v) is 2.56. The third kappa shape index (κ3) is 3.84. The minimum Gasteiger partial charge on any atom is -0.481 e. The molecule has 0 saturated carbocycles. The van der Waals surface area contributed by atoms with Crippen molar-refractivity contribution in [3.05, 3.63) is 0 Å². The van der Waals surface area contributed by atoms with Gasteiger partial charge in [0.2, 0.25) is 5.91 Å². The third-order valence-electron chi connectivity index (χ3n) is 4.08. The van der Waals surface area contributed by atoms with E-state index in [1.807, 2.05) is 0 Å². The summed E-state index contributed by atoms with van der Waals surface area (Å²) in [4.78, 5) is 36.4. The number of carbonyl (C=O) groups is 3. The van der Waals surface area contributed by atoms with Gasteiger partial charge in [0.25, 0.3) is 0 Å². The smallest absolute Gasteiger partial charge is 0.317 e. The number of amides is 3. The summed E-state index contributed by atoms with van der Waals surface area (Å²) in [6, 6.07) is -0.321. The van der Waals surface area contributed by atoms with Crippen LogP contribution in [0.5, 0.6) is 0 Å². The van der Waals surface area contributed by atoms with Crippen molar-refractivity contribution >= 4 is 17.9 Å². The summed E-state index contributed by atoms with van der Waals surface area (Å²) in [5.41, 5.74) is -0.951. The molecule has 2 rings (SSSR count). The van der Waals surface area contributed by atoms with E-state index in [0.29, 0.717) is 45.7 Å². The predicted octanol–water partition coefficient (Wildman–Crippen LogP) is -0.601. The Labute approximate surface area is 122 Å². The summed E-state index contributed by atoms with van der Waals surface area (Å²) in [6.07, 6.45) is 1.05. The first-order valence-corrected chi connectivity index (χ1v) is 7.14. The average Bonchev–Trinajstić information content (AvgIpc) is 2.70. The average molecular weight is 299 g/mol. The second-order valence-corrected chi connectivity index (χ2v) is 5.44. The SMILES string of the molecule is O=C1CCN(C(=O)NCC2(C(=O)O)CCOCC2)CCN1. The van der Waals surface area contributed by atoms with Crippen LogP contribution in [0.4, 0.5) is 4.79 Å². The maximum atomic E-state index is 12.1. The number of rotatable bonds is 3. The fraction of sp³-hybridized carbons (Fsp3) is 0.769. The molecule has 21 heavy (non-hydrogen) atoms. The van der Waals surface area contributed by atoms with E-state index < -0.39 is 11.4 Å². The number of hydrogen-bond donors (Lipinski definition) is 3. The summed E-state index contributed by atoms with van der Waals surface area (Å²) in [5, 5.41) is 14.8. The topological polar surface area (TPSA) is 108 Å². The van der Waals surface area contributed by atoms with E-state index >= 15 is 0 Å². The Morgan fingerprint density at radius 3 is 2.71 bits per heavy atom. The zero-order chi connectivity index (χ0) is 15.3. The standard InChI is InChI=1S/C13H21N3O5/c17-10-1-5-16(6-4-14-10)12(20)15-9-13(11(18)19)2-7-21-8-3-13/h1-9H2,(H,14,17)(H,15,20)(H,18,19). The van der Waals surface area contributed by atoms with E-state index in [2.05, 4.69) is 10.6 Å². The predicted molar refractivity (Wildman–Crippen MR) is 72.7 cm³/mol. The largest absolute Gasteiger partial charge is 0.481 e. The van der Waals surface area contributed by atoms with Crippen LogP contribution < -0.4 is 10.6 Å². The second kappa shape index (κ2) is 6.75. The van der Waals surface area contributed by atoms with Gasteiger partial charge < -0.3 is 25.4 Å². The molecule has 0 aliphatic carbocycles. The van der Waals surface area contributed by atoms with Crippen LogP contribution >= 0.6 is 0 Å². The van der Waals surface area contributed by atoms with E-state index in [-0.39, 0.29) is 24.9 Å². The van der Waals surface area contributed by atoms with Gasteiger partial charge in [-0.25, -0.2) is 4.79 Å². The van der Waals surface area contributed by atoms with E-state index in [9.17, 15) is 19.5 Å². The van der Waals surface area contributed by atoms with Gasteiger partial charge in [-0.15, -0.1) is 0 Å². The molecule has 0 aromatic carbocycles. The fourth-order valence-electron chi connectivity index (χ4n) is 2.56. The van der Waals surface area contributed by atoms with Crippen molar-refractivity contribution in [3.8, 4) is 0 Å². The second-order valence-electron chi connectivity index (χ2n) is 5.44. The minimum absolute atomic E-state index is 0.0725. The highest BCUT2D eigenvalue weighted by atomic mass is 16.5. The number of ether oxygens (including phenoxy) is 1. The molecule has 8 nitrogen and oxygen atoms in total. The zero-order valence-corrected chi connectivity index (χ0v) is 11.9. The van der Waals surface area contributed by atoms with Crippen molar-refractivity contribution in [1.29, 1.82) is 0 Å². The van der Waals surface area contributed by atoms with Crippen LogP contribution in [0, 0.1) is 5.41 Å². The lowest BCUT2D eigenvalue weighted by molar-refractivity contribution is -0.154. The van der Waals surface area contributed by atoms with Gasteiger partial charge in [0.05, 0.1) is 5.41 Å². The maximum Gasteiger partial charge on any atom is 0.317 e. The highest BCUT2D eigenvalue weighted by molar-refractivity contribution is 5.80. The van der Waals surface area contributed by atoms with Gasteiger partial charge in [0.15, 0.2) is 0 Å². The molecule has 2 saturated heterocycles. The summed E-state index contributed by atoms with van der Waals surface area (Å²) < 4.78 is 5.19. The van der Waals surface area contributed by atoms with Crippen molar-refractivity contribution in [2.75, 3.05) is 39.4 Å². The van der Waals surface area contributed by atoms with Crippen LogP contribution in [0.1, 0.15) is 19.3 Å². The Morgan fingerprint density at radius 2 is 2.05 bits per heavy atom. The van der Waals surface area contributed by atoms with Gasteiger partial charge in [-0.05, 0) is 12.8 Å². The lowest BCUT2D eigenvalue weighted by atomic mass is 9.80. The van der Waals surface area contributed by atoms with Gasteiger partial charge in [-0.1, -0.05) is 0 Å². The van der Waals surface area contributed by atoms with Crippen LogP contribution in [0.3, 0.4) is 0 Å². The maximum absolute atomic E-state index is 12.1. The van der Waals surface area contributed by atoms with Crippen molar-refractivity contribution in [2.24, 2.45) is 5.41 Å². The molecule has 3 amide bonds. The Balaban J connectivity index is 1.89. The molecule has 0 aromatic rings. The first kappa shape index (κ1) is 15.6. The van der Waals surface area contributed by atoms with Crippen LogP contribution in [0.2, 0.25) is 0 Å². The molecule has 0 spiro atoms. The molecule has 0 aromatic heterocycles. The van der Waals surface area contributed by atoms with Gasteiger partial charge in [-0.3, -0.25) is 9.59 Å². The third-order valence-corrected chi connectivity index (χ3v) is 4.08. The Bertz CT molecular complexity index is 420. The summed E-state index contributed by atoms with van der Waals surface area (Å²) in [6.45, 7) is 2.07. The van der Waals surface area contributed by atoms with Crippen LogP contribution in [0.25, 0.3) is 0 Å². The van der Waals surface area contributed by atoms with Crippen LogP contribution in [-0.2, 0) is 14.3 Å². The first-order chi connectivity index (χ1) is 10.0. The molecule has 0 bridgehead atoms. The van der Waals surface area contributed by atoms with E-state index in [4.69, 9.17) is 4.74 Å². The summed E-state index contributed by atoms with van der Waals surface area (Å²) >= 11 is 0. The summed E-state index contributed by atoms with van der Waals surface area (Å²) in [7, 11) is 0. The number of carboxylic acids is 1. The monoisotopic (exact) mass is 299 g/mol. The molecule has 0 unspecified atom stereocenters. The lowest BCUT2D eigenvalue weighted by Gasteiger charge is -2.33. The number of nitrogens with zero attached hydrogens (tertiary/aromatic N) is 1. The lowest BCUT2D eigenvalue weighted by Crippen LogP contribution is -2.50. The normalized spacial score (nSPS) is 22.1. The van der Waals surface area contributed by atoms with Crippen molar-refractivity contribution in [2.45, 2.75) is 19.3 Å². The van der Waals surface area contributed by atoms with Crippen molar-refractivity contribution in [1.82, 2.24) is 15.5 Å². The number of urea groups is 1. The van der Waals surface area contributed by atoms with Gasteiger partial charge in [-0.2, -0.15) is 0 Å². The molecule has 2 aliphatic heterocycles. The minimum atomic E-state index is -0.951. The Morgan fingerprint density at radius 1 is 1.33 bits per heavy atom. The van der Waals surface area contributed by atoms with Gasteiger partial charge in [0.1, 0.15) is 0 Å². The highest BCUT2D eigenvalue weighted by Gasteiger charge is 2.40. The van der Waals surface area contributed by atoms with Gasteiger partial charge >= 0.3 is 12.0 Å². The number of hydrogen-bond acceptors (Lipinski definition) is 4. The first-order valence-electron chi connectivity index (χ1n) is 7.14. The van der Waals surface area contributed by atoms with Crippen molar-refractivity contribution < 1.29 is 24.2 Å². The Kier molecular flexibility index (Phi) is 5.00. The van der Waals surface area contributed by atoms with E-state index in [1.165, 1.54) is 4.90 Å². The molecule has 0 radical (unpaired) electrons. The summed E-state index contributed by atoms with van der Waals surface area (Å²) in [5.74, 6) is -0.976. The molecular weight excluding hydrogens is 278 g/mol.